The average Bonchev–Trinajstić information content (AvgIpc) is 2.86. The van der Waals surface area contributed by atoms with Crippen LogP contribution in [-0.4, -0.2) is 59.8 Å². The number of thioether (sulfide) groups is 2. The normalized spacial score (nSPS) is 11.3. The molecule has 1 aromatic heterocycles. The number of hydrogen-bond donors (Lipinski definition) is 1. The summed E-state index contributed by atoms with van der Waals surface area (Å²) >= 11 is 5.11. The van der Waals surface area contributed by atoms with Crippen molar-refractivity contribution in [3.8, 4) is 0 Å². The largest absolute Gasteiger partial charge is 0.315 e. The molecule has 104 valence electrons. The lowest BCUT2D eigenvalue weighted by molar-refractivity contribution is 0.303. The lowest BCUT2D eigenvalue weighted by Gasteiger charge is -2.17. The zero-order valence-electron chi connectivity index (χ0n) is 11.3. The molecule has 0 saturated carbocycles. The van der Waals surface area contributed by atoms with Crippen molar-refractivity contribution in [2.75, 3.05) is 44.7 Å². The zero-order chi connectivity index (χ0) is 13.2. The zero-order valence-corrected chi connectivity index (χ0v) is 13.8. The first-order valence-electron chi connectivity index (χ1n) is 6.23. The topological polar surface area (TPSA) is 41.0 Å². The Morgan fingerprint density at radius 2 is 1.89 bits per heavy atom. The maximum absolute atomic E-state index is 4.13. The molecule has 0 radical (unpaired) electrons. The van der Waals surface area contributed by atoms with Gasteiger partial charge in [-0.15, -0.1) is 10.2 Å². The Morgan fingerprint density at radius 3 is 2.50 bits per heavy atom. The van der Waals surface area contributed by atoms with Crippen LogP contribution in [-0.2, 0) is 0 Å². The third-order valence-electron chi connectivity index (χ3n) is 2.57. The number of hydrogen-bond acceptors (Lipinski definition) is 7. The van der Waals surface area contributed by atoms with Crippen LogP contribution in [0.5, 0.6) is 0 Å². The summed E-state index contributed by atoms with van der Waals surface area (Å²) in [7, 11) is 0. The Morgan fingerprint density at radius 1 is 1.17 bits per heavy atom. The van der Waals surface area contributed by atoms with Crippen molar-refractivity contribution in [2.45, 2.75) is 22.5 Å². The average molecular weight is 307 g/mol. The number of likely N-dealkylation sites (N-methyl/N-ethyl adjacent to an activating group) is 1. The summed E-state index contributed by atoms with van der Waals surface area (Å²) in [6.45, 7) is 9.91. The molecule has 0 fully saturated rings. The lowest BCUT2D eigenvalue weighted by atomic mass is 10.4. The molecule has 1 heterocycles. The molecule has 0 aliphatic heterocycles. The highest BCUT2D eigenvalue weighted by molar-refractivity contribution is 8.02. The van der Waals surface area contributed by atoms with Gasteiger partial charge in [-0.3, -0.25) is 0 Å². The standard InChI is InChI=1S/C11H22N4S3/c1-4-15(5-2)8-6-12-7-9-17-11-14-13-10(16-3)18-11/h12H,4-9H2,1-3H3. The minimum atomic E-state index is 1.03. The smallest absolute Gasteiger partial charge is 0.175 e. The van der Waals surface area contributed by atoms with Gasteiger partial charge in [-0.25, -0.2) is 0 Å². The van der Waals surface area contributed by atoms with Crippen LogP contribution in [0, 0.1) is 0 Å². The Balaban J connectivity index is 2.01. The van der Waals surface area contributed by atoms with E-state index in [-0.39, 0.29) is 0 Å². The maximum atomic E-state index is 4.13. The highest BCUT2D eigenvalue weighted by Crippen LogP contribution is 2.26. The van der Waals surface area contributed by atoms with Crippen LogP contribution in [0.25, 0.3) is 0 Å². The van der Waals surface area contributed by atoms with Gasteiger partial charge in [0.05, 0.1) is 0 Å². The highest BCUT2D eigenvalue weighted by atomic mass is 32.2. The van der Waals surface area contributed by atoms with E-state index in [1.807, 2.05) is 6.26 Å². The van der Waals surface area contributed by atoms with E-state index in [4.69, 9.17) is 0 Å². The van der Waals surface area contributed by atoms with Crippen LogP contribution >= 0.6 is 34.9 Å². The first kappa shape index (κ1) is 16.2. The van der Waals surface area contributed by atoms with Crippen molar-refractivity contribution in [3.63, 3.8) is 0 Å². The second-order valence-corrected chi connectivity index (χ2v) is 7.04. The van der Waals surface area contributed by atoms with Crippen LogP contribution in [0.4, 0.5) is 0 Å². The summed E-state index contributed by atoms with van der Waals surface area (Å²) in [4.78, 5) is 2.43. The first-order chi connectivity index (χ1) is 8.80. The van der Waals surface area contributed by atoms with Gasteiger partial charge in [-0.1, -0.05) is 48.7 Å². The molecule has 7 heteroatoms. The number of rotatable bonds is 10. The van der Waals surface area contributed by atoms with E-state index >= 15 is 0 Å². The molecule has 0 unspecified atom stereocenters. The predicted octanol–water partition coefficient (Wildman–Crippen LogP) is 2.28. The minimum Gasteiger partial charge on any atom is -0.315 e. The van der Waals surface area contributed by atoms with Gasteiger partial charge < -0.3 is 10.2 Å². The Bertz CT molecular complexity index is 315. The molecular weight excluding hydrogens is 284 g/mol. The van der Waals surface area contributed by atoms with E-state index < -0.39 is 0 Å². The fourth-order valence-corrected chi connectivity index (χ4v) is 3.86. The van der Waals surface area contributed by atoms with Crippen molar-refractivity contribution < 1.29 is 0 Å². The van der Waals surface area contributed by atoms with E-state index in [0.29, 0.717) is 0 Å². The molecule has 4 nitrogen and oxygen atoms in total. The summed E-state index contributed by atoms with van der Waals surface area (Å²) in [5, 5.41) is 11.7. The molecule has 0 atom stereocenters. The van der Waals surface area contributed by atoms with Gasteiger partial charge in [-0.2, -0.15) is 0 Å². The minimum absolute atomic E-state index is 1.03. The summed E-state index contributed by atoms with van der Waals surface area (Å²) in [5.41, 5.74) is 0. The second-order valence-electron chi connectivity index (χ2n) is 3.66. The summed E-state index contributed by atoms with van der Waals surface area (Å²) in [5.74, 6) is 1.06. The van der Waals surface area contributed by atoms with Crippen molar-refractivity contribution >= 4 is 34.9 Å². The van der Waals surface area contributed by atoms with Crippen LogP contribution in [0.2, 0.25) is 0 Å². The molecule has 1 rings (SSSR count). The molecule has 0 aliphatic rings. The molecule has 0 aliphatic carbocycles. The molecule has 0 spiro atoms. The quantitative estimate of drug-likeness (QED) is 0.528. The Hall–Kier alpha value is 0.180. The third kappa shape index (κ3) is 6.38. The third-order valence-corrected chi connectivity index (χ3v) is 5.60. The van der Waals surface area contributed by atoms with Crippen molar-refractivity contribution in [2.24, 2.45) is 0 Å². The molecule has 0 amide bonds. The predicted molar refractivity (Wildman–Crippen MR) is 83.1 cm³/mol. The molecular formula is C11H22N4S3. The van der Waals surface area contributed by atoms with Gasteiger partial charge in [0.1, 0.15) is 0 Å². The maximum Gasteiger partial charge on any atom is 0.175 e. The highest BCUT2D eigenvalue weighted by Gasteiger charge is 2.03. The summed E-state index contributed by atoms with van der Waals surface area (Å²) in [6, 6.07) is 0. The van der Waals surface area contributed by atoms with Gasteiger partial charge in [-0.05, 0) is 19.3 Å². The fourth-order valence-electron chi connectivity index (χ4n) is 1.45. The molecule has 0 aromatic carbocycles. The van der Waals surface area contributed by atoms with Gasteiger partial charge in [0.15, 0.2) is 8.68 Å². The second kappa shape index (κ2) is 10.0. The van der Waals surface area contributed by atoms with Crippen LogP contribution in [0.1, 0.15) is 13.8 Å². The van der Waals surface area contributed by atoms with Crippen LogP contribution < -0.4 is 5.32 Å². The van der Waals surface area contributed by atoms with Gasteiger partial charge in [0.2, 0.25) is 0 Å². The van der Waals surface area contributed by atoms with E-state index in [0.717, 1.165) is 47.2 Å². The van der Waals surface area contributed by atoms with E-state index in [2.05, 4.69) is 34.3 Å². The Labute approximate surface area is 122 Å². The monoisotopic (exact) mass is 306 g/mol. The van der Waals surface area contributed by atoms with Crippen molar-refractivity contribution in [1.82, 2.24) is 20.4 Å². The molecule has 0 bridgehead atoms. The van der Waals surface area contributed by atoms with Crippen molar-refractivity contribution in [3.05, 3.63) is 0 Å². The molecule has 1 aromatic rings. The molecule has 18 heavy (non-hydrogen) atoms. The van der Waals surface area contributed by atoms with Gasteiger partial charge >= 0.3 is 0 Å². The van der Waals surface area contributed by atoms with Gasteiger partial charge in [0.25, 0.3) is 0 Å². The molecule has 1 N–H and O–H groups in total. The van der Waals surface area contributed by atoms with E-state index in [9.17, 15) is 0 Å². The first-order valence-corrected chi connectivity index (χ1v) is 9.26. The number of nitrogens with one attached hydrogen (secondary N) is 1. The van der Waals surface area contributed by atoms with Crippen LogP contribution in [0.15, 0.2) is 8.68 Å². The fraction of sp³-hybridized carbons (Fsp3) is 0.818. The Kier molecular flexibility index (Phi) is 9.04. The van der Waals surface area contributed by atoms with Gasteiger partial charge in [0, 0.05) is 25.4 Å². The summed E-state index contributed by atoms with van der Waals surface area (Å²) in [6.07, 6.45) is 2.03. The van der Waals surface area contributed by atoms with Crippen molar-refractivity contribution in [1.29, 1.82) is 0 Å². The lowest BCUT2D eigenvalue weighted by Crippen LogP contribution is -2.32. The molecule has 0 saturated heterocycles. The SMILES string of the molecule is CCN(CC)CCNCCSc1nnc(SC)s1. The van der Waals surface area contributed by atoms with E-state index in [1.54, 1.807) is 34.9 Å². The summed E-state index contributed by atoms with van der Waals surface area (Å²) < 4.78 is 2.12. The number of nitrogens with zero attached hydrogens (tertiary/aromatic N) is 3. The number of aromatic nitrogens is 2. The van der Waals surface area contributed by atoms with E-state index in [1.165, 1.54) is 0 Å². The van der Waals surface area contributed by atoms with Crippen LogP contribution in [0.3, 0.4) is 0 Å².